The van der Waals surface area contributed by atoms with Gasteiger partial charge in [0, 0.05) is 27.6 Å². The van der Waals surface area contributed by atoms with Gasteiger partial charge in [-0.2, -0.15) is 0 Å². The summed E-state index contributed by atoms with van der Waals surface area (Å²) >= 11 is 3.40. The number of pyridine rings is 2. The van der Waals surface area contributed by atoms with Crippen molar-refractivity contribution in [3.8, 4) is 11.4 Å². The van der Waals surface area contributed by atoms with Gasteiger partial charge in [0.2, 0.25) is 5.60 Å². The number of rotatable bonds is 6. The fourth-order valence-corrected chi connectivity index (χ4v) is 5.68. The van der Waals surface area contributed by atoms with Crippen LogP contribution in [0.5, 0.6) is 0 Å². The van der Waals surface area contributed by atoms with Crippen molar-refractivity contribution in [3.63, 3.8) is 0 Å². The number of ether oxygens (including phenoxy) is 3. The van der Waals surface area contributed by atoms with E-state index in [1.165, 1.54) is 0 Å². The molecule has 39 heavy (non-hydrogen) atoms. The molecule has 2 aliphatic rings. The highest BCUT2D eigenvalue weighted by atomic mass is 79.9. The van der Waals surface area contributed by atoms with Crippen LogP contribution in [0.15, 0.2) is 69.9 Å². The van der Waals surface area contributed by atoms with Crippen LogP contribution in [-0.2, 0) is 42.6 Å². The van der Waals surface area contributed by atoms with Gasteiger partial charge < -0.3 is 18.8 Å². The second-order valence-corrected chi connectivity index (χ2v) is 10.5. The molecule has 2 atom stereocenters. The lowest BCUT2D eigenvalue weighted by Gasteiger charge is -2.36. The first kappa shape index (κ1) is 25.5. The summed E-state index contributed by atoms with van der Waals surface area (Å²) in [5, 5.41) is 0.979. The Morgan fingerprint density at radius 3 is 2.64 bits per heavy atom. The molecule has 0 amide bonds. The van der Waals surface area contributed by atoms with Gasteiger partial charge in [-0.1, -0.05) is 53.2 Å². The zero-order valence-electron chi connectivity index (χ0n) is 21.4. The molecule has 2 aromatic heterocycles. The lowest BCUT2D eigenvalue weighted by molar-refractivity contribution is -0.196. The zero-order chi connectivity index (χ0) is 27.3. The molecule has 9 heteroatoms. The van der Waals surface area contributed by atoms with Crippen molar-refractivity contribution in [1.29, 1.82) is 0 Å². The molecule has 4 heterocycles. The molecule has 2 aromatic carbocycles. The molecule has 0 radical (unpaired) electrons. The first-order valence-electron chi connectivity index (χ1n) is 12.8. The van der Waals surface area contributed by atoms with Crippen molar-refractivity contribution < 1.29 is 23.8 Å². The minimum Gasteiger partial charge on any atom is -0.457 e. The summed E-state index contributed by atoms with van der Waals surface area (Å²) in [7, 11) is 0. The van der Waals surface area contributed by atoms with E-state index in [-0.39, 0.29) is 25.2 Å². The normalized spacial score (nSPS) is 18.2. The molecule has 0 bridgehead atoms. The summed E-state index contributed by atoms with van der Waals surface area (Å²) in [5.41, 5.74) is 2.08. The van der Waals surface area contributed by atoms with Crippen LogP contribution in [0.2, 0.25) is 0 Å². The Labute approximate surface area is 232 Å². The molecule has 0 fully saturated rings. The van der Waals surface area contributed by atoms with Crippen LogP contribution in [0, 0.1) is 0 Å². The van der Waals surface area contributed by atoms with E-state index in [4.69, 9.17) is 19.2 Å². The number of carbonyl (C=O) groups excluding carboxylic acids is 2. The standard InChI is InChI=1S/C30H25BrN2O6/c1-3-30(39-28(35)26(37-4-2)17-9-11-20(31)12-10-17)22-14-24-25-19(13-18-7-5-6-8-23(18)32-25)15-33(24)27(34)21(22)16-38-29(30)36/h5-14,26H,3-4,15-16H2,1-2H3. The topological polar surface area (TPSA) is 96.7 Å². The van der Waals surface area contributed by atoms with Crippen LogP contribution in [0.1, 0.15) is 48.6 Å². The third-order valence-electron chi connectivity index (χ3n) is 7.38. The van der Waals surface area contributed by atoms with Crippen molar-refractivity contribution in [2.45, 2.75) is 45.1 Å². The van der Waals surface area contributed by atoms with Crippen molar-refractivity contribution >= 4 is 38.8 Å². The number of para-hydroxylation sites is 1. The Balaban J connectivity index is 1.47. The van der Waals surface area contributed by atoms with Crippen LogP contribution in [-0.4, -0.2) is 28.1 Å². The molecule has 2 unspecified atom stereocenters. The van der Waals surface area contributed by atoms with Gasteiger partial charge in [0.1, 0.15) is 6.61 Å². The zero-order valence-corrected chi connectivity index (χ0v) is 23.0. The largest absolute Gasteiger partial charge is 0.457 e. The van der Waals surface area contributed by atoms with Gasteiger partial charge in [0.15, 0.2) is 6.10 Å². The third-order valence-corrected chi connectivity index (χ3v) is 7.91. The number of hydrogen-bond acceptors (Lipinski definition) is 7. The number of fused-ring (bicyclic) bond motifs is 5. The number of cyclic esters (lactones) is 1. The van der Waals surface area contributed by atoms with Crippen molar-refractivity contribution in [2.75, 3.05) is 6.61 Å². The van der Waals surface area contributed by atoms with Gasteiger partial charge in [-0.25, -0.2) is 14.6 Å². The SMILES string of the molecule is CCOC(C(=O)OC1(CC)C(=O)OCc2c1cc1n(c2=O)Cc2cc3ccccc3nc2-1)c1ccc(Br)cc1. The summed E-state index contributed by atoms with van der Waals surface area (Å²) in [6.45, 7) is 3.92. The van der Waals surface area contributed by atoms with Gasteiger partial charge in [-0.15, -0.1) is 0 Å². The highest BCUT2D eigenvalue weighted by Crippen LogP contribution is 2.42. The number of halogens is 1. The number of aromatic nitrogens is 2. The Morgan fingerprint density at radius 1 is 1.13 bits per heavy atom. The molecular weight excluding hydrogens is 564 g/mol. The number of benzene rings is 2. The van der Waals surface area contributed by atoms with Crippen LogP contribution >= 0.6 is 15.9 Å². The maximum absolute atomic E-state index is 13.7. The number of hydrogen-bond donors (Lipinski definition) is 0. The van der Waals surface area contributed by atoms with Gasteiger partial charge in [0.25, 0.3) is 5.56 Å². The van der Waals surface area contributed by atoms with E-state index in [2.05, 4.69) is 15.9 Å². The fourth-order valence-electron chi connectivity index (χ4n) is 5.41. The van der Waals surface area contributed by atoms with E-state index >= 15 is 0 Å². The summed E-state index contributed by atoms with van der Waals surface area (Å²) in [6, 6.07) is 18.6. The molecule has 0 N–H and O–H groups in total. The Hall–Kier alpha value is -3.82. The number of esters is 2. The lowest BCUT2D eigenvalue weighted by atomic mass is 9.85. The molecular formula is C30H25BrN2O6. The van der Waals surface area contributed by atoms with Gasteiger partial charge in [0.05, 0.1) is 29.0 Å². The highest BCUT2D eigenvalue weighted by Gasteiger charge is 2.51. The monoisotopic (exact) mass is 588 g/mol. The minimum atomic E-state index is -1.80. The van der Waals surface area contributed by atoms with E-state index in [0.717, 1.165) is 20.9 Å². The van der Waals surface area contributed by atoms with Gasteiger partial charge in [-0.3, -0.25) is 4.79 Å². The minimum absolute atomic E-state index is 0.0741. The van der Waals surface area contributed by atoms with E-state index in [1.54, 1.807) is 48.7 Å². The maximum atomic E-state index is 13.7. The second kappa shape index (κ2) is 9.73. The molecule has 0 spiro atoms. The van der Waals surface area contributed by atoms with Crippen LogP contribution in [0.25, 0.3) is 22.3 Å². The quantitative estimate of drug-likeness (QED) is 0.252. The molecule has 6 rings (SSSR count). The predicted octanol–water partition coefficient (Wildman–Crippen LogP) is 5.17. The number of carbonyl (C=O) groups is 2. The summed E-state index contributed by atoms with van der Waals surface area (Å²) in [4.78, 5) is 45.5. The van der Waals surface area contributed by atoms with Crippen molar-refractivity contribution in [3.05, 3.63) is 97.7 Å². The Morgan fingerprint density at radius 2 is 1.90 bits per heavy atom. The average Bonchev–Trinajstić information content (AvgIpc) is 3.30. The first-order chi connectivity index (χ1) is 18.9. The Bertz CT molecular complexity index is 1700. The smallest absolute Gasteiger partial charge is 0.355 e. The summed E-state index contributed by atoms with van der Waals surface area (Å²) in [5.74, 6) is -1.46. The first-order valence-corrected chi connectivity index (χ1v) is 13.6. The van der Waals surface area contributed by atoms with E-state index in [9.17, 15) is 14.4 Å². The van der Waals surface area contributed by atoms with Crippen molar-refractivity contribution in [1.82, 2.24) is 9.55 Å². The molecule has 8 nitrogen and oxygen atoms in total. The van der Waals surface area contributed by atoms with Crippen LogP contribution < -0.4 is 5.56 Å². The highest BCUT2D eigenvalue weighted by molar-refractivity contribution is 9.10. The van der Waals surface area contributed by atoms with E-state index in [1.807, 2.05) is 30.3 Å². The third kappa shape index (κ3) is 4.08. The summed E-state index contributed by atoms with van der Waals surface area (Å²) < 4.78 is 19.7. The van der Waals surface area contributed by atoms with Crippen LogP contribution in [0.3, 0.4) is 0 Å². The summed E-state index contributed by atoms with van der Waals surface area (Å²) in [6.07, 6.45) is -0.987. The van der Waals surface area contributed by atoms with Crippen molar-refractivity contribution in [2.24, 2.45) is 0 Å². The molecule has 0 saturated heterocycles. The average molecular weight is 589 g/mol. The van der Waals surface area contributed by atoms with E-state index in [0.29, 0.717) is 34.6 Å². The molecule has 2 aliphatic heterocycles. The molecule has 0 saturated carbocycles. The lowest BCUT2D eigenvalue weighted by Crippen LogP contribution is -2.48. The second-order valence-electron chi connectivity index (χ2n) is 9.57. The van der Waals surface area contributed by atoms with Gasteiger partial charge in [-0.05, 0) is 49.2 Å². The van der Waals surface area contributed by atoms with Gasteiger partial charge >= 0.3 is 11.9 Å². The molecule has 0 aliphatic carbocycles. The Kier molecular flexibility index (Phi) is 6.35. The fraction of sp³-hybridized carbons (Fsp3) is 0.267. The maximum Gasteiger partial charge on any atom is 0.355 e. The number of nitrogens with zero attached hydrogens (tertiary/aromatic N) is 2. The van der Waals surface area contributed by atoms with Crippen LogP contribution in [0.4, 0.5) is 0 Å². The predicted molar refractivity (Wildman–Crippen MR) is 147 cm³/mol. The molecule has 198 valence electrons. The van der Waals surface area contributed by atoms with E-state index < -0.39 is 23.6 Å². The molecule has 4 aromatic rings.